The molecular weight excluding hydrogens is 494 g/mol. The monoisotopic (exact) mass is 528 g/mol. The van der Waals surface area contributed by atoms with Crippen LogP contribution < -0.4 is 4.57 Å². The third-order valence-electron chi connectivity index (χ3n) is 7.01. The molecule has 0 saturated heterocycles. The SMILES string of the molecule is c1cc(CN(Cc2cccc(Cn3ccnc3)c2)Cc2cccc(C[n+]3cc[nH]c3)c2)cc(Cn2ccnc2)c1. The van der Waals surface area contributed by atoms with Crippen molar-refractivity contribution in [1.82, 2.24) is 29.0 Å². The summed E-state index contributed by atoms with van der Waals surface area (Å²) >= 11 is 0. The van der Waals surface area contributed by atoms with E-state index >= 15 is 0 Å². The standard InChI is InChI=1S/C33H33N7/c1-4-28(19-37-13-10-34-25-37)16-31(7-1)22-40(23-32-8-2-5-29(17-32)20-38-14-11-35-26-38)24-33-9-3-6-30(18-33)21-39-15-12-36-27-39/h1-18,25-27H,19-24H2/p+1. The number of aromatic nitrogens is 6. The summed E-state index contributed by atoms with van der Waals surface area (Å²) in [5, 5.41) is 0. The molecule has 0 bridgehead atoms. The number of nitrogens with one attached hydrogen (secondary N) is 1. The van der Waals surface area contributed by atoms with Gasteiger partial charge in [0, 0.05) is 57.5 Å². The van der Waals surface area contributed by atoms with Crippen LogP contribution in [0.2, 0.25) is 0 Å². The maximum Gasteiger partial charge on any atom is 0.241 e. The quantitative estimate of drug-likeness (QED) is 0.226. The molecule has 0 aliphatic rings. The Morgan fingerprint density at radius 2 is 1.15 bits per heavy atom. The van der Waals surface area contributed by atoms with Crippen molar-refractivity contribution in [3.05, 3.63) is 162 Å². The fraction of sp³-hybridized carbons (Fsp3) is 0.182. The zero-order valence-electron chi connectivity index (χ0n) is 22.6. The summed E-state index contributed by atoms with van der Waals surface area (Å²) in [6.07, 6.45) is 17.4. The van der Waals surface area contributed by atoms with E-state index < -0.39 is 0 Å². The van der Waals surface area contributed by atoms with E-state index in [-0.39, 0.29) is 0 Å². The van der Waals surface area contributed by atoms with Crippen LogP contribution in [0.15, 0.2) is 129 Å². The van der Waals surface area contributed by atoms with Crippen LogP contribution in [0.5, 0.6) is 0 Å². The van der Waals surface area contributed by atoms with Gasteiger partial charge in [-0.1, -0.05) is 72.8 Å². The molecule has 200 valence electrons. The molecule has 6 rings (SSSR count). The smallest absolute Gasteiger partial charge is 0.241 e. The zero-order valence-corrected chi connectivity index (χ0v) is 22.6. The Bertz CT molecular complexity index is 1410. The lowest BCUT2D eigenvalue weighted by atomic mass is 10.1. The van der Waals surface area contributed by atoms with Crippen LogP contribution in [-0.4, -0.2) is 29.0 Å². The molecule has 1 N–H and O–H groups in total. The highest BCUT2D eigenvalue weighted by Crippen LogP contribution is 2.18. The van der Waals surface area contributed by atoms with Crippen molar-refractivity contribution >= 4 is 0 Å². The van der Waals surface area contributed by atoms with Gasteiger partial charge in [-0.05, 0) is 33.4 Å². The normalized spacial score (nSPS) is 11.3. The maximum absolute atomic E-state index is 4.19. The minimum absolute atomic E-state index is 0.822. The molecule has 0 aliphatic heterocycles. The Morgan fingerprint density at radius 3 is 1.62 bits per heavy atom. The summed E-state index contributed by atoms with van der Waals surface area (Å²) in [7, 11) is 0. The Balaban J connectivity index is 1.22. The lowest BCUT2D eigenvalue weighted by Gasteiger charge is -2.24. The zero-order chi connectivity index (χ0) is 27.0. The molecule has 0 radical (unpaired) electrons. The third-order valence-corrected chi connectivity index (χ3v) is 7.01. The second kappa shape index (κ2) is 12.4. The average molecular weight is 529 g/mol. The van der Waals surface area contributed by atoms with Gasteiger partial charge in [0.25, 0.3) is 0 Å². The summed E-state index contributed by atoms with van der Waals surface area (Å²) in [5.41, 5.74) is 7.80. The van der Waals surface area contributed by atoms with Crippen LogP contribution in [0.3, 0.4) is 0 Å². The molecule has 3 aromatic carbocycles. The Labute approximate surface area is 235 Å². The number of hydrogen-bond acceptors (Lipinski definition) is 3. The molecule has 0 amide bonds. The first-order valence-corrected chi connectivity index (χ1v) is 13.6. The van der Waals surface area contributed by atoms with Crippen molar-refractivity contribution in [2.75, 3.05) is 0 Å². The molecule has 7 nitrogen and oxygen atoms in total. The van der Waals surface area contributed by atoms with Crippen molar-refractivity contribution in [3.63, 3.8) is 0 Å². The molecule has 0 aliphatic carbocycles. The fourth-order valence-electron chi connectivity index (χ4n) is 5.23. The van der Waals surface area contributed by atoms with Gasteiger partial charge in [0.15, 0.2) is 0 Å². The van der Waals surface area contributed by atoms with E-state index in [1.807, 2.05) is 50.0 Å². The Hall–Kier alpha value is -4.75. The lowest BCUT2D eigenvalue weighted by molar-refractivity contribution is -0.687. The summed E-state index contributed by atoms with van der Waals surface area (Å²) in [5.74, 6) is 0. The minimum atomic E-state index is 0.822. The summed E-state index contributed by atoms with van der Waals surface area (Å²) in [6.45, 7) is 5.08. The first-order chi connectivity index (χ1) is 19.7. The van der Waals surface area contributed by atoms with Gasteiger partial charge in [-0.15, -0.1) is 0 Å². The molecule has 3 aromatic heterocycles. The van der Waals surface area contributed by atoms with Gasteiger partial charge in [0.1, 0.15) is 18.9 Å². The van der Waals surface area contributed by atoms with Crippen LogP contribution in [0.4, 0.5) is 0 Å². The van der Waals surface area contributed by atoms with Crippen LogP contribution in [-0.2, 0) is 39.3 Å². The van der Waals surface area contributed by atoms with E-state index in [4.69, 9.17) is 0 Å². The number of aromatic amines is 1. The first-order valence-electron chi connectivity index (χ1n) is 13.6. The van der Waals surface area contributed by atoms with Crippen LogP contribution in [0.1, 0.15) is 33.4 Å². The van der Waals surface area contributed by atoms with E-state index in [1.54, 1.807) is 0 Å². The highest BCUT2D eigenvalue weighted by Gasteiger charge is 2.11. The number of rotatable bonds is 12. The van der Waals surface area contributed by atoms with E-state index in [1.165, 1.54) is 33.4 Å². The van der Waals surface area contributed by atoms with E-state index in [0.717, 1.165) is 39.3 Å². The molecule has 0 atom stereocenters. The fourth-order valence-corrected chi connectivity index (χ4v) is 5.23. The van der Waals surface area contributed by atoms with Crippen molar-refractivity contribution in [1.29, 1.82) is 0 Å². The topological polar surface area (TPSA) is 58.6 Å². The molecule has 7 heteroatoms. The van der Waals surface area contributed by atoms with Gasteiger partial charge < -0.3 is 9.13 Å². The average Bonchev–Trinajstić information content (AvgIpc) is 3.75. The van der Waals surface area contributed by atoms with E-state index in [0.29, 0.717) is 0 Å². The number of imidazole rings is 3. The van der Waals surface area contributed by atoms with Crippen molar-refractivity contribution in [3.8, 4) is 0 Å². The summed E-state index contributed by atoms with van der Waals surface area (Å²) in [4.78, 5) is 14.0. The third kappa shape index (κ3) is 7.01. The van der Waals surface area contributed by atoms with Gasteiger partial charge in [-0.25, -0.2) is 14.5 Å². The van der Waals surface area contributed by atoms with Crippen LogP contribution in [0.25, 0.3) is 0 Å². The summed E-state index contributed by atoms with van der Waals surface area (Å²) < 4.78 is 6.38. The van der Waals surface area contributed by atoms with Crippen LogP contribution >= 0.6 is 0 Å². The molecule has 0 saturated carbocycles. The van der Waals surface area contributed by atoms with Gasteiger partial charge in [0.2, 0.25) is 6.33 Å². The lowest BCUT2D eigenvalue weighted by Crippen LogP contribution is -2.31. The predicted molar refractivity (Wildman–Crippen MR) is 155 cm³/mol. The van der Waals surface area contributed by atoms with Crippen molar-refractivity contribution < 1.29 is 4.57 Å². The highest BCUT2D eigenvalue weighted by molar-refractivity contribution is 5.27. The summed E-state index contributed by atoms with van der Waals surface area (Å²) in [6, 6.07) is 26.8. The van der Waals surface area contributed by atoms with Gasteiger partial charge >= 0.3 is 0 Å². The second-order valence-electron chi connectivity index (χ2n) is 10.4. The predicted octanol–water partition coefficient (Wildman–Crippen LogP) is 5.04. The number of hydrogen-bond donors (Lipinski definition) is 1. The molecule has 40 heavy (non-hydrogen) atoms. The maximum atomic E-state index is 4.19. The van der Waals surface area contributed by atoms with Crippen molar-refractivity contribution in [2.24, 2.45) is 0 Å². The largest absolute Gasteiger partial charge is 0.333 e. The Morgan fingerprint density at radius 1 is 0.650 bits per heavy atom. The first kappa shape index (κ1) is 25.5. The molecule has 0 unspecified atom stereocenters. The molecular formula is C33H34N7+. The minimum Gasteiger partial charge on any atom is -0.333 e. The van der Waals surface area contributed by atoms with Crippen LogP contribution in [0, 0.1) is 0 Å². The number of H-pyrrole nitrogens is 1. The van der Waals surface area contributed by atoms with E-state index in [2.05, 4.69) is 113 Å². The van der Waals surface area contributed by atoms with Gasteiger partial charge in [-0.3, -0.25) is 9.88 Å². The Kier molecular flexibility index (Phi) is 7.92. The number of nitrogens with zero attached hydrogens (tertiary/aromatic N) is 6. The molecule has 3 heterocycles. The van der Waals surface area contributed by atoms with Gasteiger partial charge in [0.05, 0.1) is 12.7 Å². The molecule has 0 fully saturated rings. The molecule has 6 aromatic rings. The van der Waals surface area contributed by atoms with Crippen molar-refractivity contribution in [2.45, 2.75) is 39.3 Å². The highest BCUT2D eigenvalue weighted by atomic mass is 15.1. The number of benzene rings is 3. The van der Waals surface area contributed by atoms with E-state index in [9.17, 15) is 0 Å². The molecule has 0 spiro atoms. The van der Waals surface area contributed by atoms with Gasteiger partial charge in [-0.2, -0.15) is 0 Å². The second-order valence-corrected chi connectivity index (χ2v) is 10.4.